The Balaban J connectivity index is 5.54. The van der Waals surface area contributed by atoms with Crippen molar-refractivity contribution < 1.29 is 39.0 Å². The molecule has 14 heteroatoms. The molecule has 0 aliphatic rings. The molecule has 188 valence electrons. The number of carboxylic acid groups (broad SMARTS) is 2. The molecule has 33 heavy (non-hydrogen) atoms. The highest BCUT2D eigenvalue weighted by molar-refractivity contribution is 7.98. The Bertz CT molecular complexity index is 733. The van der Waals surface area contributed by atoms with Crippen LogP contribution in [-0.2, 0) is 28.8 Å². The van der Waals surface area contributed by atoms with Crippen molar-refractivity contribution in [2.45, 2.75) is 63.7 Å². The highest BCUT2D eigenvalue weighted by atomic mass is 32.2. The third-order valence-electron chi connectivity index (χ3n) is 4.57. The Morgan fingerprint density at radius 2 is 1.33 bits per heavy atom. The van der Waals surface area contributed by atoms with Crippen molar-refractivity contribution in [3.63, 3.8) is 0 Å². The summed E-state index contributed by atoms with van der Waals surface area (Å²) in [5.41, 5.74) is 10.9. The van der Waals surface area contributed by atoms with Crippen LogP contribution in [0.5, 0.6) is 0 Å². The van der Waals surface area contributed by atoms with Crippen LogP contribution in [0.3, 0.4) is 0 Å². The zero-order valence-electron chi connectivity index (χ0n) is 18.8. The average Bonchev–Trinajstić information content (AvgIpc) is 2.71. The van der Waals surface area contributed by atoms with Crippen molar-refractivity contribution in [3.05, 3.63) is 0 Å². The van der Waals surface area contributed by atoms with E-state index in [4.69, 9.17) is 21.7 Å². The maximum absolute atomic E-state index is 12.8. The fraction of sp³-hybridized carbons (Fsp3) is 0.684. The second-order valence-corrected chi connectivity index (χ2v) is 8.66. The van der Waals surface area contributed by atoms with Gasteiger partial charge in [-0.2, -0.15) is 11.8 Å². The van der Waals surface area contributed by atoms with Crippen LogP contribution in [-0.4, -0.2) is 82.0 Å². The lowest BCUT2D eigenvalue weighted by Crippen LogP contribution is -2.57. The van der Waals surface area contributed by atoms with Gasteiger partial charge in [0.1, 0.15) is 18.1 Å². The Morgan fingerprint density at radius 3 is 1.76 bits per heavy atom. The van der Waals surface area contributed by atoms with E-state index in [1.807, 2.05) is 0 Å². The number of carboxylic acids is 2. The summed E-state index contributed by atoms with van der Waals surface area (Å²) in [6.45, 7) is 3.42. The standard InChI is InChI=1S/C19H33N5O8S/c1-9(2)15(21)18(30)23-10(4-5-13(20)25)16(28)22-11(6-7-33-3)17(29)24-12(19(31)32)8-14(26)27/h9-12,15H,4-8,21H2,1-3H3,(H2,20,25)(H,22,28)(H,23,30)(H,24,29)(H,26,27)(H,31,32). The first-order chi connectivity index (χ1) is 15.3. The molecule has 0 saturated carbocycles. The molecule has 0 spiro atoms. The lowest BCUT2D eigenvalue weighted by Gasteiger charge is -2.25. The van der Waals surface area contributed by atoms with Crippen LogP contribution in [0, 0.1) is 5.92 Å². The summed E-state index contributed by atoms with van der Waals surface area (Å²) in [5, 5.41) is 25.0. The Hall–Kier alpha value is -2.87. The Labute approximate surface area is 195 Å². The van der Waals surface area contributed by atoms with Gasteiger partial charge in [0, 0.05) is 6.42 Å². The molecule has 0 heterocycles. The largest absolute Gasteiger partial charge is 0.481 e. The van der Waals surface area contributed by atoms with E-state index in [1.165, 1.54) is 11.8 Å². The summed E-state index contributed by atoms with van der Waals surface area (Å²) < 4.78 is 0. The first kappa shape index (κ1) is 30.1. The lowest BCUT2D eigenvalue weighted by atomic mass is 10.0. The molecule has 0 saturated heterocycles. The highest BCUT2D eigenvalue weighted by Gasteiger charge is 2.31. The summed E-state index contributed by atoms with van der Waals surface area (Å²) in [6, 6.07) is -5.06. The zero-order valence-corrected chi connectivity index (χ0v) is 19.6. The molecule has 4 amide bonds. The number of hydrogen-bond acceptors (Lipinski definition) is 8. The number of rotatable bonds is 16. The lowest BCUT2D eigenvalue weighted by molar-refractivity contribution is -0.147. The number of amides is 4. The molecule has 4 atom stereocenters. The van der Waals surface area contributed by atoms with Crippen LogP contribution < -0.4 is 27.4 Å². The van der Waals surface area contributed by atoms with Crippen LogP contribution in [0.2, 0.25) is 0 Å². The van der Waals surface area contributed by atoms with E-state index >= 15 is 0 Å². The predicted molar refractivity (Wildman–Crippen MR) is 120 cm³/mol. The number of thioether (sulfide) groups is 1. The monoisotopic (exact) mass is 491 g/mol. The molecule has 0 fully saturated rings. The van der Waals surface area contributed by atoms with Crippen molar-refractivity contribution in [1.82, 2.24) is 16.0 Å². The number of carbonyl (C=O) groups excluding carboxylic acids is 4. The summed E-state index contributed by atoms with van der Waals surface area (Å²) in [5.74, 6) is -5.83. The quantitative estimate of drug-likeness (QED) is 0.125. The normalized spacial score (nSPS) is 14.5. The van der Waals surface area contributed by atoms with Crippen LogP contribution in [0.25, 0.3) is 0 Å². The van der Waals surface area contributed by atoms with Crippen molar-refractivity contribution in [1.29, 1.82) is 0 Å². The van der Waals surface area contributed by atoms with Gasteiger partial charge < -0.3 is 37.6 Å². The molecule has 0 bridgehead atoms. The molecule has 0 aromatic heterocycles. The molecule has 0 aliphatic carbocycles. The van der Waals surface area contributed by atoms with E-state index in [2.05, 4.69) is 16.0 Å². The average molecular weight is 492 g/mol. The van der Waals surface area contributed by atoms with Crippen LogP contribution in [0.15, 0.2) is 0 Å². The second-order valence-electron chi connectivity index (χ2n) is 7.68. The van der Waals surface area contributed by atoms with Gasteiger partial charge in [-0.05, 0) is 30.8 Å². The van der Waals surface area contributed by atoms with E-state index in [1.54, 1.807) is 20.1 Å². The van der Waals surface area contributed by atoms with Gasteiger partial charge in [-0.3, -0.25) is 24.0 Å². The van der Waals surface area contributed by atoms with Gasteiger partial charge >= 0.3 is 11.9 Å². The molecular weight excluding hydrogens is 458 g/mol. The summed E-state index contributed by atoms with van der Waals surface area (Å²) in [7, 11) is 0. The fourth-order valence-corrected chi connectivity index (χ4v) is 3.02. The molecule has 0 radical (unpaired) electrons. The zero-order chi connectivity index (χ0) is 25.7. The molecule has 9 N–H and O–H groups in total. The first-order valence-corrected chi connectivity index (χ1v) is 11.6. The highest BCUT2D eigenvalue weighted by Crippen LogP contribution is 2.06. The van der Waals surface area contributed by atoms with Gasteiger partial charge in [-0.15, -0.1) is 0 Å². The number of primary amides is 1. The number of aliphatic carboxylic acids is 2. The third-order valence-corrected chi connectivity index (χ3v) is 5.21. The molecule has 0 aliphatic heterocycles. The van der Waals surface area contributed by atoms with Gasteiger partial charge in [0.2, 0.25) is 23.6 Å². The minimum absolute atomic E-state index is 0.0974. The number of hydrogen-bond donors (Lipinski definition) is 7. The summed E-state index contributed by atoms with van der Waals surface area (Å²) in [6.07, 6.45) is 0.626. The van der Waals surface area contributed by atoms with E-state index in [9.17, 15) is 28.8 Å². The second kappa shape index (κ2) is 15.1. The number of nitrogens with one attached hydrogen (secondary N) is 3. The third kappa shape index (κ3) is 12.1. The molecule has 0 rings (SSSR count). The first-order valence-electron chi connectivity index (χ1n) is 10.2. The SMILES string of the molecule is CSCCC(NC(=O)C(CCC(N)=O)NC(=O)C(N)C(C)C)C(=O)NC(CC(=O)O)C(=O)O. The van der Waals surface area contributed by atoms with Crippen LogP contribution >= 0.6 is 11.8 Å². The van der Waals surface area contributed by atoms with E-state index in [0.717, 1.165) is 0 Å². The molecule has 4 unspecified atom stereocenters. The van der Waals surface area contributed by atoms with Gasteiger partial charge in [-0.25, -0.2) is 4.79 Å². The van der Waals surface area contributed by atoms with Crippen molar-refractivity contribution in [2.75, 3.05) is 12.0 Å². The predicted octanol–water partition coefficient (Wildman–Crippen LogP) is -2.00. The van der Waals surface area contributed by atoms with Gasteiger partial charge in [-0.1, -0.05) is 13.8 Å². The van der Waals surface area contributed by atoms with Crippen molar-refractivity contribution >= 4 is 47.3 Å². The Kier molecular flexibility index (Phi) is 13.7. The van der Waals surface area contributed by atoms with Gasteiger partial charge in [0.05, 0.1) is 12.5 Å². The van der Waals surface area contributed by atoms with Crippen molar-refractivity contribution in [2.24, 2.45) is 17.4 Å². The van der Waals surface area contributed by atoms with Crippen LogP contribution in [0.1, 0.15) is 39.5 Å². The van der Waals surface area contributed by atoms with Crippen LogP contribution in [0.4, 0.5) is 0 Å². The molecule has 0 aromatic rings. The van der Waals surface area contributed by atoms with Crippen molar-refractivity contribution in [3.8, 4) is 0 Å². The minimum atomic E-state index is -1.70. The fourth-order valence-electron chi connectivity index (χ4n) is 2.55. The topological polar surface area (TPSA) is 231 Å². The number of carbonyl (C=O) groups is 6. The van der Waals surface area contributed by atoms with E-state index < -0.39 is 66.2 Å². The van der Waals surface area contributed by atoms with Gasteiger partial charge in [0.15, 0.2) is 0 Å². The smallest absolute Gasteiger partial charge is 0.326 e. The maximum Gasteiger partial charge on any atom is 0.326 e. The Morgan fingerprint density at radius 1 is 0.848 bits per heavy atom. The molecular formula is C19H33N5O8S. The van der Waals surface area contributed by atoms with Gasteiger partial charge in [0.25, 0.3) is 0 Å². The summed E-state index contributed by atoms with van der Waals surface area (Å²) in [4.78, 5) is 71.1. The molecule has 13 nitrogen and oxygen atoms in total. The maximum atomic E-state index is 12.8. The molecule has 0 aromatic carbocycles. The summed E-state index contributed by atoms with van der Waals surface area (Å²) >= 11 is 1.36. The van der Waals surface area contributed by atoms with E-state index in [-0.39, 0.29) is 25.2 Å². The minimum Gasteiger partial charge on any atom is -0.481 e. The number of nitrogens with two attached hydrogens (primary N) is 2. The van der Waals surface area contributed by atoms with E-state index in [0.29, 0.717) is 5.75 Å².